The Kier molecular flexibility index (Phi) is 8.55. The van der Waals surface area contributed by atoms with E-state index in [1.807, 2.05) is 12.1 Å². The van der Waals surface area contributed by atoms with Gasteiger partial charge in [0.05, 0.1) is 18.2 Å². The Hall–Kier alpha value is -3.19. The molecule has 0 radical (unpaired) electrons. The van der Waals surface area contributed by atoms with Crippen molar-refractivity contribution in [3.05, 3.63) is 64.7 Å². The first-order chi connectivity index (χ1) is 15.0. The van der Waals surface area contributed by atoms with Crippen LogP contribution in [0.4, 0.5) is 26.3 Å². The Morgan fingerprint density at radius 2 is 1.53 bits per heavy atom. The topological polar surface area (TPSA) is 50.4 Å². The Bertz CT molecular complexity index is 941. The number of carbonyl (C=O) groups is 1. The standard InChI is InChI=1S/C22H20F6N2O2/c1-32-19-9-7-15(8-10-19)6-4-2-3-5-11-29-30-20(31)16-12-17(21(23,24)25)14-18(13-16)22(26,27)28/h7-10,12-14,29H,2-3,5,11H2,1H3,(H,30,31). The van der Waals surface area contributed by atoms with E-state index in [1.165, 1.54) is 0 Å². The van der Waals surface area contributed by atoms with Crippen LogP contribution < -0.4 is 15.6 Å². The van der Waals surface area contributed by atoms with E-state index in [0.717, 1.165) is 11.3 Å². The molecule has 2 aromatic carbocycles. The van der Waals surface area contributed by atoms with E-state index >= 15 is 0 Å². The van der Waals surface area contributed by atoms with Crippen LogP contribution in [0.2, 0.25) is 0 Å². The lowest BCUT2D eigenvalue weighted by atomic mass is 10.0. The second-order valence-corrected chi connectivity index (χ2v) is 6.66. The highest BCUT2D eigenvalue weighted by atomic mass is 19.4. The maximum atomic E-state index is 12.9. The molecule has 0 fully saturated rings. The molecule has 0 aliphatic rings. The molecule has 0 aliphatic heterocycles. The number of rotatable bonds is 7. The molecule has 0 spiro atoms. The summed E-state index contributed by atoms with van der Waals surface area (Å²) in [6.07, 6.45) is -8.21. The first-order valence-electron chi connectivity index (χ1n) is 9.46. The molecule has 32 heavy (non-hydrogen) atoms. The van der Waals surface area contributed by atoms with Crippen molar-refractivity contribution in [2.45, 2.75) is 31.6 Å². The number of hydrazine groups is 1. The first-order valence-corrected chi connectivity index (χ1v) is 9.46. The second kappa shape index (κ2) is 10.9. The number of alkyl halides is 6. The zero-order chi connectivity index (χ0) is 23.8. The molecule has 0 saturated heterocycles. The van der Waals surface area contributed by atoms with E-state index < -0.39 is 35.0 Å². The van der Waals surface area contributed by atoms with Gasteiger partial charge in [-0.15, -0.1) is 0 Å². The Morgan fingerprint density at radius 3 is 2.06 bits per heavy atom. The number of carbonyl (C=O) groups excluding carboxylic acids is 1. The van der Waals surface area contributed by atoms with E-state index in [4.69, 9.17) is 4.74 Å². The van der Waals surface area contributed by atoms with E-state index in [0.29, 0.717) is 31.4 Å². The van der Waals surface area contributed by atoms with Gasteiger partial charge in [-0.1, -0.05) is 11.8 Å². The lowest BCUT2D eigenvalue weighted by molar-refractivity contribution is -0.143. The predicted molar refractivity (Wildman–Crippen MR) is 106 cm³/mol. The van der Waals surface area contributed by atoms with Crippen molar-refractivity contribution in [3.8, 4) is 17.6 Å². The molecule has 2 aromatic rings. The number of methoxy groups -OCH3 is 1. The largest absolute Gasteiger partial charge is 0.497 e. The van der Waals surface area contributed by atoms with Crippen molar-refractivity contribution in [1.82, 2.24) is 10.9 Å². The maximum absolute atomic E-state index is 12.9. The van der Waals surface area contributed by atoms with Crippen LogP contribution in [-0.4, -0.2) is 19.6 Å². The van der Waals surface area contributed by atoms with E-state index in [2.05, 4.69) is 22.7 Å². The van der Waals surface area contributed by atoms with Gasteiger partial charge in [-0.2, -0.15) is 26.3 Å². The number of benzene rings is 2. The van der Waals surface area contributed by atoms with Crippen LogP contribution in [-0.2, 0) is 12.4 Å². The summed E-state index contributed by atoms with van der Waals surface area (Å²) < 4.78 is 82.2. The number of amides is 1. The lowest BCUT2D eigenvalue weighted by Gasteiger charge is -2.14. The van der Waals surface area contributed by atoms with Crippen LogP contribution in [0.15, 0.2) is 42.5 Å². The Labute approximate surface area is 180 Å². The molecule has 0 saturated carbocycles. The van der Waals surface area contributed by atoms with Crippen LogP contribution in [0.25, 0.3) is 0 Å². The van der Waals surface area contributed by atoms with Crippen molar-refractivity contribution in [1.29, 1.82) is 0 Å². The normalized spacial score (nSPS) is 11.5. The SMILES string of the molecule is COc1ccc(C#CCCCCNNC(=O)c2cc(C(F)(F)F)cc(C(F)(F)F)c2)cc1. The third-order valence-electron chi connectivity index (χ3n) is 4.23. The fourth-order valence-electron chi connectivity index (χ4n) is 2.57. The summed E-state index contributed by atoms with van der Waals surface area (Å²) in [5.74, 6) is 5.60. The number of unbranched alkanes of at least 4 members (excludes halogenated alkanes) is 2. The van der Waals surface area contributed by atoms with Crippen molar-refractivity contribution >= 4 is 5.91 Å². The van der Waals surface area contributed by atoms with Gasteiger partial charge < -0.3 is 4.74 Å². The van der Waals surface area contributed by atoms with Crippen LogP contribution in [0.3, 0.4) is 0 Å². The van der Waals surface area contributed by atoms with Crippen LogP contribution in [0.1, 0.15) is 46.3 Å². The molecule has 0 aromatic heterocycles. The van der Waals surface area contributed by atoms with Gasteiger partial charge in [0.15, 0.2) is 0 Å². The average molecular weight is 458 g/mol. The van der Waals surface area contributed by atoms with Gasteiger partial charge in [-0.25, -0.2) is 5.43 Å². The number of nitrogens with one attached hydrogen (secondary N) is 2. The van der Waals surface area contributed by atoms with E-state index in [1.54, 1.807) is 19.2 Å². The zero-order valence-electron chi connectivity index (χ0n) is 17.0. The zero-order valence-corrected chi connectivity index (χ0v) is 17.0. The Morgan fingerprint density at radius 1 is 0.938 bits per heavy atom. The molecule has 0 heterocycles. The smallest absolute Gasteiger partial charge is 0.416 e. The van der Waals surface area contributed by atoms with Crippen molar-refractivity contribution in [2.24, 2.45) is 0 Å². The quantitative estimate of drug-likeness (QED) is 0.260. The molecule has 2 N–H and O–H groups in total. The van der Waals surface area contributed by atoms with Gasteiger partial charge in [0, 0.05) is 24.1 Å². The fraction of sp³-hybridized carbons (Fsp3) is 0.318. The van der Waals surface area contributed by atoms with Crippen molar-refractivity contribution < 1.29 is 35.9 Å². The number of hydrogen-bond donors (Lipinski definition) is 2. The third kappa shape index (κ3) is 7.81. The second-order valence-electron chi connectivity index (χ2n) is 6.66. The minimum Gasteiger partial charge on any atom is -0.497 e. The monoisotopic (exact) mass is 458 g/mol. The van der Waals surface area contributed by atoms with Gasteiger partial charge in [-0.05, 0) is 55.3 Å². The highest BCUT2D eigenvalue weighted by Crippen LogP contribution is 2.36. The summed E-state index contributed by atoms with van der Waals surface area (Å²) in [6.45, 7) is 0.265. The molecule has 2 rings (SSSR count). The van der Waals surface area contributed by atoms with Gasteiger partial charge in [0.25, 0.3) is 5.91 Å². The average Bonchev–Trinajstić information content (AvgIpc) is 2.74. The summed E-state index contributed by atoms with van der Waals surface area (Å²) in [5, 5.41) is 0. The summed E-state index contributed by atoms with van der Waals surface area (Å²) in [6, 6.07) is 7.94. The van der Waals surface area contributed by atoms with Gasteiger partial charge in [0.1, 0.15) is 5.75 Å². The Balaban J connectivity index is 1.81. The first kappa shape index (κ1) is 25.1. The van der Waals surface area contributed by atoms with Gasteiger partial charge in [-0.3, -0.25) is 10.2 Å². The molecule has 0 bridgehead atoms. The summed E-state index contributed by atoms with van der Waals surface area (Å²) in [5.41, 5.74) is 1.60. The highest BCUT2D eigenvalue weighted by Gasteiger charge is 2.37. The molecule has 0 atom stereocenters. The van der Waals surface area contributed by atoms with Gasteiger partial charge >= 0.3 is 12.4 Å². The van der Waals surface area contributed by atoms with Crippen molar-refractivity contribution in [3.63, 3.8) is 0 Å². The molecule has 0 aliphatic carbocycles. The molecular weight excluding hydrogens is 438 g/mol. The van der Waals surface area contributed by atoms with Crippen LogP contribution in [0.5, 0.6) is 5.75 Å². The molecule has 172 valence electrons. The minimum absolute atomic E-state index is 0.0306. The maximum Gasteiger partial charge on any atom is 0.416 e. The molecule has 1 amide bonds. The number of hydrogen-bond acceptors (Lipinski definition) is 3. The molecule has 10 heteroatoms. The lowest BCUT2D eigenvalue weighted by Crippen LogP contribution is -2.38. The van der Waals surface area contributed by atoms with Gasteiger partial charge in [0.2, 0.25) is 0 Å². The molecule has 4 nitrogen and oxygen atoms in total. The summed E-state index contributed by atoms with van der Waals surface area (Å²) in [4.78, 5) is 12.0. The molecular formula is C22H20F6N2O2. The van der Waals surface area contributed by atoms with Crippen molar-refractivity contribution in [2.75, 3.05) is 13.7 Å². The number of ether oxygens (including phenoxy) is 1. The summed E-state index contributed by atoms with van der Waals surface area (Å²) in [7, 11) is 1.57. The minimum atomic E-state index is -5.02. The molecule has 0 unspecified atom stereocenters. The highest BCUT2D eigenvalue weighted by molar-refractivity contribution is 5.94. The number of halogens is 6. The summed E-state index contributed by atoms with van der Waals surface area (Å²) >= 11 is 0. The van der Waals surface area contributed by atoms with E-state index in [-0.39, 0.29) is 12.6 Å². The van der Waals surface area contributed by atoms with Crippen LogP contribution >= 0.6 is 0 Å². The van der Waals surface area contributed by atoms with Crippen LogP contribution in [0, 0.1) is 11.8 Å². The fourth-order valence-corrected chi connectivity index (χ4v) is 2.57. The van der Waals surface area contributed by atoms with E-state index in [9.17, 15) is 31.1 Å². The predicted octanol–water partition coefficient (Wildman–Crippen LogP) is 5.19. The third-order valence-corrected chi connectivity index (χ3v) is 4.23.